The van der Waals surface area contributed by atoms with Crippen molar-refractivity contribution >= 4 is 6.03 Å². The van der Waals surface area contributed by atoms with E-state index in [0.29, 0.717) is 19.5 Å². The van der Waals surface area contributed by atoms with Crippen molar-refractivity contribution in [2.75, 3.05) is 13.7 Å². The van der Waals surface area contributed by atoms with E-state index in [1.54, 1.807) is 7.11 Å². The summed E-state index contributed by atoms with van der Waals surface area (Å²) < 4.78 is 5.20. The summed E-state index contributed by atoms with van der Waals surface area (Å²) in [5.41, 5.74) is 2.06. The summed E-state index contributed by atoms with van der Waals surface area (Å²) >= 11 is 0. The third-order valence-electron chi connectivity index (χ3n) is 3.41. The number of nitrogens with one attached hydrogen (secondary N) is 2. The van der Waals surface area contributed by atoms with Crippen LogP contribution in [-0.4, -0.2) is 30.9 Å². The predicted octanol–water partition coefficient (Wildman–Crippen LogP) is 2.21. The molecule has 0 radical (unpaired) electrons. The molecular weight excluding hydrogens is 268 g/mol. The molecule has 1 atom stereocenters. The highest BCUT2D eigenvalue weighted by molar-refractivity contribution is 5.73. The van der Waals surface area contributed by atoms with Gasteiger partial charge in [-0.3, -0.25) is 0 Å². The molecule has 0 aliphatic heterocycles. The summed E-state index contributed by atoms with van der Waals surface area (Å²) in [7, 11) is 1.64. The van der Waals surface area contributed by atoms with Crippen LogP contribution in [0.25, 0.3) is 0 Å². The maximum Gasteiger partial charge on any atom is 0.315 e. The van der Waals surface area contributed by atoms with Crippen molar-refractivity contribution in [3.63, 3.8) is 0 Å². The van der Waals surface area contributed by atoms with Crippen molar-refractivity contribution in [2.24, 2.45) is 5.92 Å². The summed E-state index contributed by atoms with van der Waals surface area (Å²) in [6.45, 7) is 6.80. The Bertz CT molecular complexity index is 461. The molecule has 0 aliphatic rings. The number of hydrogen-bond donors (Lipinski definition) is 3. The lowest BCUT2D eigenvalue weighted by Crippen LogP contribution is -2.37. The molecule has 0 bridgehead atoms. The Morgan fingerprint density at radius 2 is 2.05 bits per heavy atom. The van der Waals surface area contributed by atoms with Gasteiger partial charge in [-0.2, -0.15) is 0 Å². The van der Waals surface area contributed by atoms with E-state index in [4.69, 9.17) is 4.74 Å². The number of hydrogen-bond acceptors (Lipinski definition) is 3. The molecule has 0 saturated heterocycles. The molecular formula is C16H26N2O3. The van der Waals surface area contributed by atoms with E-state index in [2.05, 4.69) is 10.6 Å². The van der Waals surface area contributed by atoms with E-state index < -0.39 is 0 Å². The molecule has 5 heteroatoms. The van der Waals surface area contributed by atoms with Gasteiger partial charge < -0.3 is 20.5 Å². The maximum absolute atomic E-state index is 11.6. The summed E-state index contributed by atoms with van der Waals surface area (Å²) in [5.74, 6) is 1.04. The van der Waals surface area contributed by atoms with Crippen LogP contribution in [-0.2, 0) is 6.54 Å². The van der Waals surface area contributed by atoms with Crippen LogP contribution in [0.2, 0.25) is 0 Å². The van der Waals surface area contributed by atoms with Crippen LogP contribution < -0.4 is 15.4 Å². The first kappa shape index (κ1) is 17.3. The second kappa shape index (κ2) is 8.52. The van der Waals surface area contributed by atoms with Crippen molar-refractivity contribution < 1.29 is 14.6 Å². The molecule has 0 aromatic heterocycles. The standard InChI is InChI=1S/C16H26N2O3/c1-11(2)14(19)7-8-17-16(20)18-10-13-5-6-15(21-4)12(3)9-13/h5-6,9,11,14,19H,7-8,10H2,1-4H3,(H2,17,18,20). The van der Waals surface area contributed by atoms with Crippen molar-refractivity contribution in [1.29, 1.82) is 0 Å². The molecule has 1 aromatic rings. The fraction of sp³-hybridized carbons (Fsp3) is 0.562. The summed E-state index contributed by atoms with van der Waals surface area (Å²) in [5, 5.41) is 15.2. The fourth-order valence-electron chi connectivity index (χ4n) is 1.96. The number of ether oxygens (including phenoxy) is 1. The van der Waals surface area contributed by atoms with Crippen molar-refractivity contribution in [2.45, 2.75) is 39.8 Å². The molecule has 3 N–H and O–H groups in total. The monoisotopic (exact) mass is 294 g/mol. The number of rotatable bonds is 7. The number of aliphatic hydroxyl groups is 1. The largest absolute Gasteiger partial charge is 0.496 e. The smallest absolute Gasteiger partial charge is 0.315 e. The van der Waals surface area contributed by atoms with Gasteiger partial charge in [-0.15, -0.1) is 0 Å². The first-order chi connectivity index (χ1) is 9.93. The van der Waals surface area contributed by atoms with E-state index in [0.717, 1.165) is 16.9 Å². The Morgan fingerprint density at radius 3 is 2.62 bits per heavy atom. The van der Waals surface area contributed by atoms with E-state index in [-0.39, 0.29) is 18.1 Å². The second-order valence-electron chi connectivity index (χ2n) is 5.51. The number of carbonyl (C=O) groups is 1. The SMILES string of the molecule is COc1ccc(CNC(=O)NCCC(O)C(C)C)cc1C. The molecule has 21 heavy (non-hydrogen) atoms. The van der Waals surface area contributed by atoms with Crippen molar-refractivity contribution in [3.05, 3.63) is 29.3 Å². The van der Waals surface area contributed by atoms with Crippen molar-refractivity contribution in [3.8, 4) is 5.75 Å². The van der Waals surface area contributed by atoms with Crippen LogP contribution in [0.4, 0.5) is 4.79 Å². The Kier molecular flexibility index (Phi) is 7.02. The average molecular weight is 294 g/mol. The average Bonchev–Trinajstić information content (AvgIpc) is 2.45. The molecule has 0 fully saturated rings. The predicted molar refractivity (Wildman–Crippen MR) is 83.4 cm³/mol. The van der Waals surface area contributed by atoms with Crippen molar-refractivity contribution in [1.82, 2.24) is 10.6 Å². The van der Waals surface area contributed by atoms with Gasteiger partial charge in [0.2, 0.25) is 0 Å². The van der Waals surface area contributed by atoms with Gasteiger partial charge in [0, 0.05) is 13.1 Å². The Morgan fingerprint density at radius 1 is 1.33 bits per heavy atom. The number of methoxy groups -OCH3 is 1. The quantitative estimate of drug-likeness (QED) is 0.722. The number of benzene rings is 1. The van der Waals surface area contributed by atoms with Gasteiger partial charge in [-0.1, -0.05) is 26.0 Å². The van der Waals surface area contributed by atoms with Gasteiger partial charge >= 0.3 is 6.03 Å². The first-order valence-electron chi connectivity index (χ1n) is 7.27. The molecule has 5 nitrogen and oxygen atoms in total. The van der Waals surface area contributed by atoms with Gasteiger partial charge in [0.05, 0.1) is 13.2 Å². The van der Waals surface area contributed by atoms with E-state index in [9.17, 15) is 9.90 Å². The van der Waals surface area contributed by atoms with Crippen LogP contribution in [0.1, 0.15) is 31.4 Å². The van der Waals surface area contributed by atoms with Crippen LogP contribution >= 0.6 is 0 Å². The molecule has 0 heterocycles. The molecule has 0 spiro atoms. The van der Waals surface area contributed by atoms with Gasteiger partial charge in [0.25, 0.3) is 0 Å². The topological polar surface area (TPSA) is 70.6 Å². The molecule has 0 aliphatic carbocycles. The number of urea groups is 1. The highest BCUT2D eigenvalue weighted by Crippen LogP contribution is 2.18. The number of aryl methyl sites for hydroxylation is 1. The zero-order valence-corrected chi connectivity index (χ0v) is 13.3. The highest BCUT2D eigenvalue weighted by Gasteiger charge is 2.09. The van der Waals surface area contributed by atoms with E-state index >= 15 is 0 Å². The lowest BCUT2D eigenvalue weighted by Gasteiger charge is -2.15. The Labute approximate surface area is 126 Å². The number of carbonyl (C=O) groups excluding carboxylic acids is 1. The van der Waals surface area contributed by atoms with Crippen LogP contribution in [0, 0.1) is 12.8 Å². The minimum Gasteiger partial charge on any atom is -0.496 e. The van der Waals surface area contributed by atoms with Gasteiger partial charge in [0.15, 0.2) is 0 Å². The van der Waals surface area contributed by atoms with E-state index in [1.807, 2.05) is 39.0 Å². The summed E-state index contributed by atoms with van der Waals surface area (Å²) in [6, 6.07) is 5.58. The van der Waals surface area contributed by atoms with Gasteiger partial charge in [-0.25, -0.2) is 4.79 Å². The van der Waals surface area contributed by atoms with Gasteiger partial charge in [-0.05, 0) is 36.5 Å². The fourth-order valence-corrected chi connectivity index (χ4v) is 1.96. The highest BCUT2D eigenvalue weighted by atomic mass is 16.5. The van der Waals surface area contributed by atoms with Gasteiger partial charge in [0.1, 0.15) is 5.75 Å². The normalized spacial score (nSPS) is 12.1. The molecule has 1 unspecified atom stereocenters. The van der Waals surface area contributed by atoms with Crippen LogP contribution in [0.5, 0.6) is 5.75 Å². The Hall–Kier alpha value is -1.75. The molecule has 1 aromatic carbocycles. The van der Waals surface area contributed by atoms with Crippen LogP contribution in [0.15, 0.2) is 18.2 Å². The zero-order valence-electron chi connectivity index (χ0n) is 13.3. The Balaban J connectivity index is 2.31. The minimum absolute atomic E-state index is 0.206. The molecule has 1 rings (SSSR count). The molecule has 118 valence electrons. The maximum atomic E-state index is 11.6. The zero-order chi connectivity index (χ0) is 15.8. The third kappa shape index (κ3) is 6.04. The second-order valence-corrected chi connectivity index (χ2v) is 5.51. The summed E-state index contributed by atoms with van der Waals surface area (Å²) in [4.78, 5) is 11.6. The minimum atomic E-state index is -0.380. The molecule has 0 saturated carbocycles. The lowest BCUT2D eigenvalue weighted by molar-refractivity contribution is 0.116. The number of amides is 2. The first-order valence-corrected chi connectivity index (χ1v) is 7.27. The number of aliphatic hydroxyl groups excluding tert-OH is 1. The third-order valence-corrected chi connectivity index (χ3v) is 3.41. The summed E-state index contributed by atoms with van der Waals surface area (Å²) in [6.07, 6.45) is 0.182. The van der Waals surface area contributed by atoms with E-state index in [1.165, 1.54) is 0 Å². The molecule has 2 amide bonds. The lowest BCUT2D eigenvalue weighted by atomic mass is 10.0. The van der Waals surface area contributed by atoms with Crippen LogP contribution in [0.3, 0.4) is 0 Å².